The lowest BCUT2D eigenvalue weighted by atomic mass is 9.92. The second kappa shape index (κ2) is 6.66. The number of thiophene rings is 1. The summed E-state index contributed by atoms with van der Waals surface area (Å²) in [6.45, 7) is 3.37. The lowest BCUT2D eigenvalue weighted by Gasteiger charge is -2.21. The van der Waals surface area contributed by atoms with Crippen LogP contribution >= 0.6 is 11.3 Å². The number of rotatable bonds is 4. The Morgan fingerprint density at radius 3 is 2.59 bits per heavy atom. The fraction of sp³-hybridized carbons (Fsp3) is 0.643. The van der Waals surface area contributed by atoms with Gasteiger partial charge in [0.2, 0.25) is 5.91 Å². The minimum atomic E-state index is -3.56. The van der Waals surface area contributed by atoms with Gasteiger partial charge in [0.15, 0.2) is 0 Å². The van der Waals surface area contributed by atoms with Crippen LogP contribution in [0.25, 0.3) is 0 Å². The second-order valence-corrected chi connectivity index (χ2v) is 8.83. The normalized spacial score (nSPS) is 25.7. The smallest absolute Gasteiger partial charge is 0.250 e. The van der Waals surface area contributed by atoms with Crippen LogP contribution in [0.5, 0.6) is 0 Å². The van der Waals surface area contributed by atoms with Crippen molar-refractivity contribution < 1.29 is 13.2 Å². The van der Waals surface area contributed by atoms with Crippen molar-refractivity contribution in [2.45, 2.75) is 17.1 Å². The lowest BCUT2D eigenvalue weighted by Crippen LogP contribution is -2.40. The van der Waals surface area contributed by atoms with E-state index < -0.39 is 10.0 Å². The van der Waals surface area contributed by atoms with Gasteiger partial charge in [-0.25, -0.2) is 13.1 Å². The van der Waals surface area contributed by atoms with Crippen molar-refractivity contribution >= 4 is 27.3 Å². The number of nitrogens with zero attached hydrogens (tertiary/aromatic N) is 1. The summed E-state index contributed by atoms with van der Waals surface area (Å²) in [5, 5.41) is 5.11. The summed E-state index contributed by atoms with van der Waals surface area (Å²) in [4.78, 5) is 14.1. The average Bonchev–Trinajstić information content (AvgIpc) is 3.14. The SMILES string of the molecule is O=C(CNS(=O)(=O)c1cccs1)N1CC[C@@H]2CNC[C@@H]2CC1. The molecule has 6 nitrogen and oxygen atoms in total. The van der Waals surface area contributed by atoms with Crippen LogP contribution in [-0.4, -0.2) is 51.9 Å². The van der Waals surface area contributed by atoms with Crippen molar-refractivity contribution in [3.8, 4) is 0 Å². The van der Waals surface area contributed by atoms with Crippen molar-refractivity contribution in [2.24, 2.45) is 11.8 Å². The van der Waals surface area contributed by atoms with E-state index in [0.717, 1.165) is 50.4 Å². The molecular formula is C14H21N3O3S2. The number of sulfonamides is 1. The molecule has 122 valence electrons. The van der Waals surface area contributed by atoms with E-state index in [9.17, 15) is 13.2 Å². The van der Waals surface area contributed by atoms with Crippen LogP contribution in [0.4, 0.5) is 0 Å². The highest BCUT2D eigenvalue weighted by Gasteiger charge is 2.31. The van der Waals surface area contributed by atoms with Crippen LogP contribution in [-0.2, 0) is 14.8 Å². The third-order valence-electron chi connectivity index (χ3n) is 4.55. The zero-order chi connectivity index (χ0) is 15.6. The van der Waals surface area contributed by atoms with Gasteiger partial charge >= 0.3 is 0 Å². The molecule has 1 aromatic rings. The first kappa shape index (κ1) is 15.9. The largest absolute Gasteiger partial charge is 0.342 e. The third-order valence-corrected chi connectivity index (χ3v) is 7.34. The molecule has 0 radical (unpaired) electrons. The molecule has 2 N–H and O–H groups in total. The predicted molar refractivity (Wildman–Crippen MR) is 85.2 cm³/mol. The number of hydrogen-bond acceptors (Lipinski definition) is 5. The van der Waals surface area contributed by atoms with Crippen molar-refractivity contribution in [1.82, 2.24) is 14.9 Å². The molecule has 0 spiro atoms. The molecule has 0 aromatic carbocycles. The lowest BCUT2D eigenvalue weighted by molar-refractivity contribution is -0.129. The monoisotopic (exact) mass is 343 g/mol. The Morgan fingerprint density at radius 2 is 2.00 bits per heavy atom. The van der Waals surface area contributed by atoms with E-state index >= 15 is 0 Å². The van der Waals surface area contributed by atoms with E-state index in [-0.39, 0.29) is 16.7 Å². The molecule has 2 aliphatic rings. The minimum Gasteiger partial charge on any atom is -0.342 e. The first-order valence-electron chi connectivity index (χ1n) is 7.58. The van der Waals surface area contributed by atoms with Gasteiger partial charge in [0.25, 0.3) is 10.0 Å². The first-order valence-corrected chi connectivity index (χ1v) is 9.94. The number of amides is 1. The molecule has 2 aliphatic heterocycles. The first-order chi connectivity index (χ1) is 10.6. The topological polar surface area (TPSA) is 78.5 Å². The molecular weight excluding hydrogens is 322 g/mol. The average molecular weight is 343 g/mol. The molecule has 3 rings (SSSR count). The maximum Gasteiger partial charge on any atom is 0.250 e. The van der Waals surface area contributed by atoms with Gasteiger partial charge in [-0.15, -0.1) is 11.3 Å². The van der Waals surface area contributed by atoms with E-state index in [1.165, 1.54) is 6.07 Å². The Morgan fingerprint density at radius 1 is 1.32 bits per heavy atom. The molecule has 0 aliphatic carbocycles. The predicted octanol–water partition coefficient (Wildman–Crippen LogP) is 0.484. The Hall–Kier alpha value is -0.960. The standard InChI is InChI=1S/C14H21N3O3S2/c18-13(10-16-22(19,20)14-2-1-7-21-14)17-5-3-11-8-15-9-12(11)4-6-17/h1-2,7,11-12,15-16H,3-6,8-10H2/t11-,12+. The number of carbonyl (C=O) groups excluding carboxylic acids is 1. The molecule has 0 saturated carbocycles. The fourth-order valence-electron chi connectivity index (χ4n) is 3.22. The van der Waals surface area contributed by atoms with Gasteiger partial charge < -0.3 is 10.2 Å². The maximum absolute atomic E-state index is 12.3. The molecule has 1 amide bonds. The fourth-order valence-corrected chi connectivity index (χ4v) is 5.24. The van der Waals surface area contributed by atoms with Gasteiger partial charge in [0, 0.05) is 13.1 Å². The molecule has 22 heavy (non-hydrogen) atoms. The van der Waals surface area contributed by atoms with Crippen LogP contribution < -0.4 is 10.0 Å². The third kappa shape index (κ3) is 3.51. The molecule has 2 fully saturated rings. The molecule has 2 atom stereocenters. The summed E-state index contributed by atoms with van der Waals surface area (Å²) in [6, 6.07) is 3.22. The van der Waals surface area contributed by atoms with Crippen molar-refractivity contribution in [3.05, 3.63) is 17.5 Å². The van der Waals surface area contributed by atoms with Crippen LogP contribution in [0.15, 0.2) is 21.7 Å². The van der Waals surface area contributed by atoms with E-state index in [4.69, 9.17) is 0 Å². The minimum absolute atomic E-state index is 0.131. The highest BCUT2D eigenvalue weighted by molar-refractivity contribution is 7.91. The molecule has 0 bridgehead atoms. The number of fused-ring (bicyclic) bond motifs is 1. The molecule has 2 saturated heterocycles. The number of hydrogen-bond donors (Lipinski definition) is 2. The number of nitrogens with one attached hydrogen (secondary N) is 2. The quantitative estimate of drug-likeness (QED) is 0.834. The van der Waals surface area contributed by atoms with Crippen LogP contribution in [0, 0.1) is 11.8 Å². The van der Waals surface area contributed by atoms with Gasteiger partial charge in [-0.1, -0.05) is 6.07 Å². The van der Waals surface area contributed by atoms with Crippen LogP contribution in [0.2, 0.25) is 0 Å². The Kier molecular flexibility index (Phi) is 4.82. The molecule has 8 heteroatoms. The van der Waals surface area contributed by atoms with Gasteiger partial charge in [0.05, 0.1) is 6.54 Å². The summed E-state index contributed by atoms with van der Waals surface area (Å²) in [5.41, 5.74) is 0. The zero-order valence-corrected chi connectivity index (χ0v) is 14.0. The van der Waals surface area contributed by atoms with Crippen molar-refractivity contribution in [1.29, 1.82) is 0 Å². The van der Waals surface area contributed by atoms with E-state index in [0.29, 0.717) is 11.8 Å². The van der Waals surface area contributed by atoms with Crippen molar-refractivity contribution in [3.63, 3.8) is 0 Å². The summed E-state index contributed by atoms with van der Waals surface area (Å²) in [6.07, 6.45) is 2.00. The molecule has 1 aromatic heterocycles. The van der Waals surface area contributed by atoms with Gasteiger partial charge in [-0.2, -0.15) is 0 Å². The van der Waals surface area contributed by atoms with Crippen LogP contribution in [0.1, 0.15) is 12.8 Å². The Balaban J connectivity index is 1.54. The highest BCUT2D eigenvalue weighted by Crippen LogP contribution is 2.27. The summed E-state index contributed by atoms with van der Waals surface area (Å²) >= 11 is 1.15. The number of carbonyl (C=O) groups is 1. The zero-order valence-electron chi connectivity index (χ0n) is 12.3. The Bertz CT molecular complexity index is 601. The summed E-state index contributed by atoms with van der Waals surface area (Å²) in [5.74, 6) is 1.18. The maximum atomic E-state index is 12.3. The summed E-state index contributed by atoms with van der Waals surface area (Å²) < 4.78 is 26.7. The molecule has 0 unspecified atom stereocenters. The molecule has 3 heterocycles. The van der Waals surface area contributed by atoms with E-state index in [2.05, 4.69) is 10.0 Å². The second-order valence-electron chi connectivity index (χ2n) is 5.89. The van der Waals surface area contributed by atoms with Crippen LogP contribution in [0.3, 0.4) is 0 Å². The highest BCUT2D eigenvalue weighted by atomic mass is 32.2. The van der Waals surface area contributed by atoms with Gasteiger partial charge in [-0.3, -0.25) is 4.79 Å². The van der Waals surface area contributed by atoms with Gasteiger partial charge in [-0.05, 0) is 49.2 Å². The van der Waals surface area contributed by atoms with Gasteiger partial charge in [0.1, 0.15) is 4.21 Å². The van der Waals surface area contributed by atoms with E-state index in [1.807, 2.05) is 0 Å². The van der Waals surface area contributed by atoms with Crippen molar-refractivity contribution in [2.75, 3.05) is 32.7 Å². The van der Waals surface area contributed by atoms with E-state index in [1.54, 1.807) is 16.3 Å². The summed E-state index contributed by atoms with van der Waals surface area (Å²) in [7, 11) is -3.56. The number of likely N-dealkylation sites (tertiary alicyclic amines) is 1. The Labute approximate surface area is 134 Å².